The molecule has 0 amide bonds. The zero-order chi connectivity index (χ0) is 17.4. The largest absolute Gasteiger partial charge is 3.00 e. The van der Waals surface area contributed by atoms with Gasteiger partial charge in [-0.2, -0.15) is 0 Å². The first kappa shape index (κ1) is 30.1. The van der Waals surface area contributed by atoms with E-state index in [0.717, 1.165) is 6.42 Å². The van der Waals surface area contributed by atoms with Gasteiger partial charge >= 0.3 is 21.7 Å². The second-order valence-corrected chi connectivity index (χ2v) is 11.8. The van der Waals surface area contributed by atoms with E-state index in [1.165, 1.54) is 81.8 Å². The minimum absolute atomic E-state index is 0. The number of hydrogen-bond donors (Lipinski definition) is 0. The minimum Gasteiger partial charge on any atom is -1.00 e. The Morgan fingerprint density at radius 2 is 1.33 bits per heavy atom. The van der Waals surface area contributed by atoms with E-state index in [9.17, 15) is 0 Å². The van der Waals surface area contributed by atoms with Crippen molar-refractivity contribution in [1.82, 2.24) is 0 Å². The van der Waals surface area contributed by atoms with E-state index in [0.29, 0.717) is 11.2 Å². The van der Waals surface area contributed by atoms with Crippen molar-refractivity contribution in [2.24, 2.45) is 0 Å². The van der Waals surface area contributed by atoms with Gasteiger partial charge in [-0.1, -0.05) is 120 Å². The summed E-state index contributed by atoms with van der Waals surface area (Å²) in [5.74, 6) is 0. The van der Waals surface area contributed by atoms with Crippen molar-refractivity contribution in [2.75, 3.05) is 0 Å². The fraction of sp³-hybridized carbons (Fsp3) is 0.818. The van der Waals surface area contributed by atoms with Gasteiger partial charge in [-0.15, -0.1) is 5.16 Å². The molecule has 27 heavy (non-hydrogen) atoms. The summed E-state index contributed by atoms with van der Waals surface area (Å²) in [6.07, 6.45) is 21.6. The Morgan fingerprint density at radius 1 is 0.889 bits per heavy atom. The van der Waals surface area contributed by atoms with Crippen molar-refractivity contribution in [3.05, 3.63) is 28.6 Å². The molecular weight excluding hydrogens is 425 g/mol. The maximum atomic E-state index is 5.55. The van der Waals surface area contributed by atoms with Gasteiger partial charge in [0.25, 0.3) is 0 Å². The average Bonchev–Trinajstić information content (AvgIpc) is 2.89. The Kier molecular flexibility index (Phi) is 17.6. The Hall–Kier alpha value is 0.951. The maximum Gasteiger partial charge on any atom is 3.00 e. The molecule has 1 atom stereocenters. The fourth-order valence-electron chi connectivity index (χ4n) is 4.60. The van der Waals surface area contributed by atoms with Gasteiger partial charge in [-0.05, 0) is 13.3 Å². The van der Waals surface area contributed by atoms with E-state index in [-0.39, 0.29) is 46.5 Å². The third-order valence-corrected chi connectivity index (χ3v) is 9.26. The summed E-state index contributed by atoms with van der Waals surface area (Å²) in [4.78, 5) is 0. The smallest absolute Gasteiger partial charge is 1.00 e. The summed E-state index contributed by atoms with van der Waals surface area (Å²) < 4.78 is 0. The molecule has 1 saturated carbocycles. The standard InChI is InChI=1S/C22H40NSi.2ClH.Ti/c1-5-20-18-21(17-19(20)2)23-22(24(3)4)15-13-11-9-7-6-8-10-12-14-16-22;;;/h17-18,21,24H,5-16H2,1-4H3;2*1H;/q-1;;;+3/p-2. The summed E-state index contributed by atoms with van der Waals surface area (Å²) >= 11 is 0. The molecule has 0 aromatic rings. The van der Waals surface area contributed by atoms with Gasteiger partial charge in [0.2, 0.25) is 0 Å². The van der Waals surface area contributed by atoms with Crippen LogP contribution in [0.3, 0.4) is 0 Å². The van der Waals surface area contributed by atoms with E-state index in [4.69, 9.17) is 5.32 Å². The van der Waals surface area contributed by atoms with Crippen LogP contribution in [0.1, 0.15) is 90.9 Å². The normalized spacial score (nSPS) is 23.5. The van der Waals surface area contributed by atoms with Gasteiger partial charge in [0.05, 0.1) is 0 Å². The molecule has 0 saturated heterocycles. The first-order valence-electron chi connectivity index (χ1n) is 10.7. The molecule has 2 aliphatic rings. The van der Waals surface area contributed by atoms with E-state index >= 15 is 0 Å². The van der Waals surface area contributed by atoms with Crippen LogP contribution in [0.2, 0.25) is 13.1 Å². The van der Waals surface area contributed by atoms with Gasteiger partial charge in [0, 0.05) is 8.80 Å². The molecule has 5 heteroatoms. The molecule has 0 aromatic carbocycles. The van der Waals surface area contributed by atoms with Gasteiger partial charge in [0.15, 0.2) is 0 Å². The van der Waals surface area contributed by atoms with Gasteiger partial charge < -0.3 is 30.1 Å². The Labute approximate surface area is 198 Å². The molecule has 0 heterocycles. The van der Waals surface area contributed by atoms with Crippen LogP contribution in [-0.4, -0.2) is 20.0 Å². The predicted octanol–water partition coefficient (Wildman–Crippen LogP) is 1.10. The summed E-state index contributed by atoms with van der Waals surface area (Å²) in [7, 11) is -0.828. The van der Waals surface area contributed by atoms with Crippen molar-refractivity contribution < 1.29 is 46.5 Å². The van der Waals surface area contributed by atoms with Crippen LogP contribution in [0.5, 0.6) is 0 Å². The molecule has 1 radical (unpaired) electrons. The number of nitrogens with zero attached hydrogens (tertiary/aromatic N) is 1. The van der Waals surface area contributed by atoms with E-state index in [2.05, 4.69) is 39.1 Å². The SMILES string of the molecule is CCC1=CC([N-]C2([SiH](C)C)CCCCCCCCCCC2)C=C1C.[Cl-].[Cl-].[Ti+3]. The monoisotopic (exact) mass is 464 g/mol. The number of halogens is 2. The van der Waals surface area contributed by atoms with Gasteiger partial charge in [-0.25, -0.2) is 0 Å². The van der Waals surface area contributed by atoms with Crippen LogP contribution in [0.25, 0.3) is 5.32 Å². The van der Waals surface area contributed by atoms with E-state index < -0.39 is 8.80 Å². The number of rotatable bonds is 4. The summed E-state index contributed by atoms with van der Waals surface area (Å²) in [5.41, 5.74) is 3.00. The number of hydrogen-bond acceptors (Lipinski definition) is 0. The Bertz CT molecular complexity index is 440. The molecular formula is C22H40Cl2NSiTi. The van der Waals surface area contributed by atoms with Crippen LogP contribution in [0.15, 0.2) is 23.3 Å². The topological polar surface area (TPSA) is 14.1 Å². The second-order valence-electron chi connectivity index (χ2n) is 8.46. The molecule has 2 rings (SSSR count). The first-order valence-corrected chi connectivity index (χ1v) is 13.6. The molecule has 1 unspecified atom stereocenters. The number of allylic oxidation sites excluding steroid dienone is 2. The molecule has 2 aliphatic carbocycles. The maximum absolute atomic E-state index is 5.55. The van der Waals surface area contributed by atoms with Gasteiger partial charge in [0.1, 0.15) is 0 Å². The molecule has 0 N–H and O–H groups in total. The van der Waals surface area contributed by atoms with Crippen molar-refractivity contribution >= 4 is 8.80 Å². The third kappa shape index (κ3) is 9.53. The van der Waals surface area contributed by atoms with Crippen molar-refractivity contribution in [2.45, 2.75) is 115 Å². The van der Waals surface area contributed by atoms with Crippen LogP contribution >= 0.6 is 0 Å². The molecule has 155 valence electrons. The van der Waals surface area contributed by atoms with Crippen LogP contribution in [0, 0.1) is 0 Å². The van der Waals surface area contributed by atoms with E-state index in [1.54, 1.807) is 0 Å². The fourth-order valence-corrected chi connectivity index (χ4v) is 6.63. The van der Waals surface area contributed by atoms with Crippen LogP contribution < -0.4 is 24.8 Å². The van der Waals surface area contributed by atoms with E-state index in [1.807, 2.05) is 0 Å². The average molecular weight is 465 g/mol. The molecule has 0 bridgehead atoms. The van der Waals surface area contributed by atoms with Crippen molar-refractivity contribution in [1.29, 1.82) is 0 Å². The molecule has 1 fully saturated rings. The van der Waals surface area contributed by atoms with Crippen molar-refractivity contribution in [3.63, 3.8) is 0 Å². The predicted molar refractivity (Wildman–Crippen MR) is 112 cm³/mol. The minimum atomic E-state index is -0.828. The third-order valence-electron chi connectivity index (χ3n) is 6.38. The summed E-state index contributed by atoms with van der Waals surface area (Å²) in [6, 6.07) is 0.364. The Morgan fingerprint density at radius 3 is 1.70 bits per heavy atom. The first-order chi connectivity index (χ1) is 11.6. The summed E-state index contributed by atoms with van der Waals surface area (Å²) in [6.45, 7) is 9.64. The zero-order valence-corrected chi connectivity index (χ0v) is 22.2. The van der Waals surface area contributed by atoms with Gasteiger partial charge in [-0.3, -0.25) is 0 Å². The molecule has 0 aromatic heterocycles. The van der Waals surface area contributed by atoms with Crippen LogP contribution in [-0.2, 0) is 21.7 Å². The van der Waals surface area contributed by atoms with Crippen LogP contribution in [0.4, 0.5) is 0 Å². The molecule has 0 aliphatic heterocycles. The molecule has 0 spiro atoms. The quantitative estimate of drug-likeness (QED) is 0.553. The second kappa shape index (κ2) is 15.7. The van der Waals surface area contributed by atoms with Crippen molar-refractivity contribution in [3.8, 4) is 0 Å². The summed E-state index contributed by atoms with van der Waals surface area (Å²) in [5, 5.41) is 5.89. The molecule has 1 nitrogen and oxygen atoms in total. The Balaban J connectivity index is 0. The zero-order valence-electron chi connectivity index (χ0n) is 18.0.